The number of methoxy groups -OCH3 is 1. The maximum Gasteiger partial charge on any atom is 0.406 e. The zero-order chi connectivity index (χ0) is 28.7. The molecular formula is C28H34F3N5O3S. The van der Waals surface area contributed by atoms with E-state index >= 15 is 0 Å². The van der Waals surface area contributed by atoms with Gasteiger partial charge in [-0.15, -0.1) is 11.8 Å². The molecule has 2 aromatic heterocycles. The molecule has 1 saturated heterocycles. The van der Waals surface area contributed by atoms with Crippen LogP contribution in [0.15, 0.2) is 41.6 Å². The van der Waals surface area contributed by atoms with Crippen LogP contribution in [0, 0.1) is 11.8 Å². The molecule has 8 nitrogen and oxygen atoms in total. The van der Waals surface area contributed by atoms with Crippen molar-refractivity contribution in [3.05, 3.63) is 42.2 Å². The van der Waals surface area contributed by atoms with Crippen molar-refractivity contribution in [3.8, 4) is 17.6 Å². The lowest BCUT2D eigenvalue weighted by Gasteiger charge is -2.33. The van der Waals surface area contributed by atoms with E-state index in [0.29, 0.717) is 28.9 Å². The van der Waals surface area contributed by atoms with Gasteiger partial charge in [-0.1, -0.05) is 12.0 Å². The molecule has 4 rings (SSSR count). The number of aromatic nitrogens is 2. The Kier molecular flexibility index (Phi) is 10.1. The molecule has 0 aliphatic carbocycles. The van der Waals surface area contributed by atoms with Gasteiger partial charge >= 0.3 is 6.18 Å². The van der Waals surface area contributed by atoms with Crippen LogP contribution < -0.4 is 15.4 Å². The maximum absolute atomic E-state index is 13.6. The number of rotatable bonds is 10. The smallest absolute Gasteiger partial charge is 0.406 e. The fraction of sp³-hybridized carbons (Fsp3) is 0.464. The molecule has 1 atom stereocenters. The maximum atomic E-state index is 13.6. The Balaban J connectivity index is 1.52. The number of benzene rings is 1. The average molecular weight is 578 g/mol. The zero-order valence-corrected chi connectivity index (χ0v) is 23.3. The number of hydrogen-bond donors (Lipinski definition) is 4. The summed E-state index contributed by atoms with van der Waals surface area (Å²) in [6, 6.07) is 8.95. The number of pyridine rings is 1. The second-order valence-corrected chi connectivity index (χ2v) is 10.4. The van der Waals surface area contributed by atoms with Crippen LogP contribution in [-0.4, -0.2) is 89.1 Å². The van der Waals surface area contributed by atoms with Crippen molar-refractivity contribution in [1.29, 1.82) is 0 Å². The van der Waals surface area contributed by atoms with E-state index < -0.39 is 18.8 Å². The number of aliphatic hydroxyl groups excluding tert-OH is 2. The normalized spacial score (nSPS) is 15.5. The number of halogens is 3. The molecule has 40 heavy (non-hydrogen) atoms. The Hall–Kier alpha value is -3.11. The summed E-state index contributed by atoms with van der Waals surface area (Å²) in [5.74, 6) is 6.47. The van der Waals surface area contributed by atoms with Gasteiger partial charge in [0, 0.05) is 42.8 Å². The topological polar surface area (TPSA) is 94.8 Å². The van der Waals surface area contributed by atoms with E-state index in [-0.39, 0.29) is 24.9 Å². The largest absolute Gasteiger partial charge is 0.494 e. The molecule has 1 aliphatic rings. The van der Waals surface area contributed by atoms with Gasteiger partial charge in [0.15, 0.2) is 0 Å². The minimum atomic E-state index is -4.41. The first-order valence-corrected chi connectivity index (χ1v) is 14.2. The van der Waals surface area contributed by atoms with Crippen molar-refractivity contribution in [1.82, 2.24) is 14.5 Å². The first kappa shape index (κ1) is 29.9. The third-order valence-corrected chi connectivity index (χ3v) is 7.41. The first-order valence-electron chi connectivity index (χ1n) is 13.0. The van der Waals surface area contributed by atoms with E-state index in [1.165, 1.54) is 16.3 Å². The molecule has 12 heteroatoms. The van der Waals surface area contributed by atoms with Crippen molar-refractivity contribution in [2.75, 3.05) is 56.8 Å². The summed E-state index contributed by atoms with van der Waals surface area (Å²) in [7, 11) is 1.56. The van der Waals surface area contributed by atoms with Gasteiger partial charge in [-0.05, 0) is 43.2 Å². The second kappa shape index (κ2) is 13.5. The predicted molar refractivity (Wildman–Crippen MR) is 152 cm³/mol. The molecule has 1 unspecified atom stereocenters. The molecule has 216 valence electrons. The molecule has 4 N–H and O–H groups in total. The Morgan fingerprint density at radius 1 is 1.23 bits per heavy atom. The molecule has 0 radical (unpaired) electrons. The van der Waals surface area contributed by atoms with Gasteiger partial charge in [0.25, 0.3) is 0 Å². The summed E-state index contributed by atoms with van der Waals surface area (Å²) < 4.78 is 47.3. The third kappa shape index (κ3) is 7.75. The van der Waals surface area contributed by atoms with Gasteiger partial charge in [-0.3, -0.25) is 0 Å². The minimum absolute atomic E-state index is 0.138. The summed E-state index contributed by atoms with van der Waals surface area (Å²) in [4.78, 5) is 6.42. The van der Waals surface area contributed by atoms with Gasteiger partial charge in [-0.2, -0.15) is 13.2 Å². The summed E-state index contributed by atoms with van der Waals surface area (Å²) in [6.07, 6.45) is 0.00866. The molecule has 0 saturated carbocycles. The number of piperidine rings is 1. The van der Waals surface area contributed by atoms with Gasteiger partial charge in [0.05, 0.1) is 54.5 Å². The first-order chi connectivity index (χ1) is 19.2. The number of nitrogens with one attached hydrogen (secondary N) is 2. The van der Waals surface area contributed by atoms with Gasteiger partial charge in [0.1, 0.15) is 12.3 Å². The lowest BCUT2D eigenvalue weighted by atomic mass is 10.0. The quantitative estimate of drug-likeness (QED) is 0.212. The molecule has 3 heterocycles. The predicted octanol–water partition coefficient (Wildman–Crippen LogP) is 4.02. The summed E-state index contributed by atoms with van der Waals surface area (Å²) in [5, 5.41) is 26.9. The van der Waals surface area contributed by atoms with E-state index in [1.807, 2.05) is 12.3 Å². The number of likely N-dealkylation sites (tertiary alicyclic amines) is 1. The van der Waals surface area contributed by atoms with E-state index in [9.17, 15) is 18.3 Å². The number of thioether (sulfide) groups is 1. The zero-order valence-electron chi connectivity index (χ0n) is 22.5. The summed E-state index contributed by atoms with van der Waals surface area (Å²) >= 11 is 1.49. The summed E-state index contributed by atoms with van der Waals surface area (Å²) in [6.45, 7) is 0.707. The number of β-amino-alcohol motifs (C(OH)–C–C–N with tert-alkyl or cyclic N) is 1. The number of ether oxygens (including phenoxy) is 1. The van der Waals surface area contributed by atoms with Crippen molar-refractivity contribution in [2.45, 2.75) is 42.7 Å². The number of aliphatic hydroxyl groups is 2. The number of anilines is 2. The van der Waals surface area contributed by atoms with E-state index in [1.54, 1.807) is 37.6 Å². The Labute approximate surface area is 235 Å². The molecule has 3 aromatic rings. The number of nitrogens with zero attached hydrogens (tertiary/aromatic N) is 3. The highest BCUT2D eigenvalue weighted by Gasteiger charge is 2.30. The van der Waals surface area contributed by atoms with Crippen LogP contribution in [0.4, 0.5) is 24.5 Å². The van der Waals surface area contributed by atoms with E-state index in [0.717, 1.165) is 36.6 Å². The van der Waals surface area contributed by atoms with Crippen LogP contribution in [-0.2, 0) is 6.54 Å². The van der Waals surface area contributed by atoms with Gasteiger partial charge < -0.3 is 35.1 Å². The van der Waals surface area contributed by atoms with Crippen LogP contribution in [0.25, 0.3) is 10.9 Å². The van der Waals surface area contributed by atoms with Gasteiger partial charge in [0.2, 0.25) is 0 Å². The molecule has 0 bridgehead atoms. The molecular weight excluding hydrogens is 543 g/mol. The number of alkyl halides is 3. The lowest BCUT2D eigenvalue weighted by Crippen LogP contribution is -2.43. The SMILES string of the molecule is COc1cc(SC)ncc1NCC#Cc1cc2c(NC3CCN(CC(O)CO)CC3)cccc2n1CC(F)(F)F. The van der Waals surface area contributed by atoms with Crippen molar-refractivity contribution in [2.24, 2.45) is 0 Å². The Morgan fingerprint density at radius 2 is 2.00 bits per heavy atom. The van der Waals surface area contributed by atoms with Crippen molar-refractivity contribution >= 4 is 34.0 Å². The molecule has 1 aliphatic heterocycles. The highest BCUT2D eigenvalue weighted by atomic mass is 32.2. The van der Waals surface area contributed by atoms with E-state index in [4.69, 9.17) is 9.84 Å². The Morgan fingerprint density at radius 3 is 2.67 bits per heavy atom. The van der Waals surface area contributed by atoms with Crippen molar-refractivity contribution < 1.29 is 28.1 Å². The fourth-order valence-corrected chi connectivity index (χ4v) is 5.19. The summed E-state index contributed by atoms with van der Waals surface area (Å²) in [5.41, 5.74) is 2.15. The van der Waals surface area contributed by atoms with E-state index in [2.05, 4.69) is 32.4 Å². The highest BCUT2D eigenvalue weighted by Crippen LogP contribution is 2.31. The number of fused-ring (bicyclic) bond motifs is 1. The van der Waals surface area contributed by atoms with Crippen LogP contribution in [0.2, 0.25) is 0 Å². The Bertz CT molecular complexity index is 1350. The minimum Gasteiger partial charge on any atom is -0.494 e. The van der Waals surface area contributed by atoms with Crippen LogP contribution in [0.3, 0.4) is 0 Å². The number of hydrogen-bond acceptors (Lipinski definition) is 8. The molecule has 1 aromatic carbocycles. The fourth-order valence-electron chi connectivity index (χ4n) is 4.81. The monoisotopic (exact) mass is 577 g/mol. The van der Waals surface area contributed by atoms with Crippen molar-refractivity contribution in [3.63, 3.8) is 0 Å². The molecule has 0 amide bonds. The lowest BCUT2D eigenvalue weighted by molar-refractivity contribution is -0.140. The highest BCUT2D eigenvalue weighted by molar-refractivity contribution is 7.98. The van der Waals surface area contributed by atoms with Crippen LogP contribution in [0.1, 0.15) is 18.5 Å². The third-order valence-electron chi connectivity index (χ3n) is 6.76. The standard InChI is InChI=1S/C28H34F3N5O3S/c1-39-26-14-27(40-2)33-15-24(26)32-10-4-5-20-13-22-23(6-3-7-25(22)36(20)18-28(29,30)31)34-19-8-11-35(12-9-19)16-21(38)17-37/h3,6-7,13-15,19,21,32,34,37-38H,8-12,16-18H2,1-2H3. The molecule has 0 spiro atoms. The average Bonchev–Trinajstić information content (AvgIpc) is 3.28. The second-order valence-electron chi connectivity index (χ2n) is 9.61. The molecule has 1 fully saturated rings. The van der Waals surface area contributed by atoms with Crippen LogP contribution >= 0.6 is 11.8 Å². The van der Waals surface area contributed by atoms with Gasteiger partial charge in [-0.25, -0.2) is 4.98 Å². The van der Waals surface area contributed by atoms with Crippen LogP contribution in [0.5, 0.6) is 5.75 Å².